The molecule has 1 aliphatic rings. The SMILES string of the molecule is NC(=O)CN1CCC(NC(=O)c2ccc(-c3ccccc3F)o2)CC1. The van der Waals surface area contributed by atoms with Gasteiger partial charge in [0.25, 0.3) is 5.91 Å². The van der Waals surface area contributed by atoms with Gasteiger partial charge in [-0.1, -0.05) is 12.1 Å². The zero-order valence-corrected chi connectivity index (χ0v) is 13.7. The van der Waals surface area contributed by atoms with Crippen LogP contribution in [0.4, 0.5) is 4.39 Å². The summed E-state index contributed by atoms with van der Waals surface area (Å²) in [5, 5.41) is 2.92. The third-order valence-corrected chi connectivity index (χ3v) is 4.27. The molecule has 0 unspecified atom stereocenters. The van der Waals surface area contributed by atoms with Crippen molar-refractivity contribution in [2.45, 2.75) is 18.9 Å². The van der Waals surface area contributed by atoms with Gasteiger partial charge in [0.2, 0.25) is 5.91 Å². The number of furan rings is 1. The summed E-state index contributed by atoms with van der Waals surface area (Å²) in [6, 6.07) is 9.39. The molecule has 0 aliphatic carbocycles. The molecule has 7 heteroatoms. The first-order valence-electron chi connectivity index (χ1n) is 8.19. The molecule has 1 aromatic carbocycles. The lowest BCUT2D eigenvalue weighted by molar-refractivity contribution is -0.119. The quantitative estimate of drug-likeness (QED) is 0.864. The zero-order chi connectivity index (χ0) is 17.8. The molecule has 1 fully saturated rings. The van der Waals surface area contributed by atoms with Gasteiger partial charge >= 0.3 is 0 Å². The number of nitrogens with zero attached hydrogens (tertiary/aromatic N) is 1. The highest BCUT2D eigenvalue weighted by atomic mass is 19.1. The Hall–Kier alpha value is -2.67. The number of rotatable bonds is 5. The number of piperidine rings is 1. The molecule has 2 aromatic rings. The van der Waals surface area contributed by atoms with Gasteiger partial charge in [-0.05, 0) is 37.1 Å². The van der Waals surface area contributed by atoms with Crippen molar-refractivity contribution >= 4 is 11.8 Å². The van der Waals surface area contributed by atoms with Crippen LogP contribution in [0.3, 0.4) is 0 Å². The highest BCUT2D eigenvalue weighted by Gasteiger charge is 2.23. The average molecular weight is 345 g/mol. The summed E-state index contributed by atoms with van der Waals surface area (Å²) in [5.74, 6) is -0.599. The zero-order valence-electron chi connectivity index (χ0n) is 13.7. The fraction of sp³-hybridized carbons (Fsp3) is 0.333. The first kappa shape index (κ1) is 17.2. The van der Waals surface area contributed by atoms with Crippen molar-refractivity contribution in [3.05, 3.63) is 48.0 Å². The molecule has 25 heavy (non-hydrogen) atoms. The number of primary amides is 1. The van der Waals surface area contributed by atoms with E-state index >= 15 is 0 Å². The van der Waals surface area contributed by atoms with E-state index in [1.54, 1.807) is 30.3 Å². The number of carbonyl (C=O) groups is 2. The van der Waals surface area contributed by atoms with Gasteiger partial charge in [-0.25, -0.2) is 4.39 Å². The summed E-state index contributed by atoms with van der Waals surface area (Å²) in [5.41, 5.74) is 5.51. The second-order valence-electron chi connectivity index (χ2n) is 6.13. The molecule has 1 aromatic heterocycles. The smallest absolute Gasteiger partial charge is 0.287 e. The minimum atomic E-state index is -0.398. The molecule has 6 nitrogen and oxygen atoms in total. The van der Waals surface area contributed by atoms with Crippen molar-refractivity contribution in [2.24, 2.45) is 5.73 Å². The van der Waals surface area contributed by atoms with Crippen LogP contribution in [-0.4, -0.2) is 42.4 Å². The number of amides is 2. The van der Waals surface area contributed by atoms with Crippen molar-refractivity contribution in [3.8, 4) is 11.3 Å². The Morgan fingerprint density at radius 1 is 1.20 bits per heavy atom. The Bertz CT molecular complexity index is 766. The average Bonchev–Trinajstić information content (AvgIpc) is 3.06. The van der Waals surface area contributed by atoms with E-state index in [0.29, 0.717) is 24.4 Å². The predicted molar refractivity (Wildman–Crippen MR) is 90.2 cm³/mol. The molecule has 0 spiro atoms. The van der Waals surface area contributed by atoms with Gasteiger partial charge in [-0.3, -0.25) is 14.5 Å². The van der Waals surface area contributed by atoms with Gasteiger partial charge in [0.05, 0.1) is 12.1 Å². The van der Waals surface area contributed by atoms with Crippen LogP contribution < -0.4 is 11.1 Å². The summed E-state index contributed by atoms with van der Waals surface area (Å²) >= 11 is 0. The number of halogens is 1. The van der Waals surface area contributed by atoms with Crippen molar-refractivity contribution in [1.82, 2.24) is 10.2 Å². The molecule has 2 heterocycles. The van der Waals surface area contributed by atoms with E-state index in [2.05, 4.69) is 5.32 Å². The molecule has 1 saturated heterocycles. The largest absolute Gasteiger partial charge is 0.451 e. The molecular weight excluding hydrogens is 325 g/mol. The highest BCUT2D eigenvalue weighted by molar-refractivity contribution is 5.92. The standard InChI is InChI=1S/C18H20FN3O3/c19-14-4-2-1-3-13(14)15-5-6-16(25-15)18(24)21-12-7-9-22(10-8-12)11-17(20)23/h1-6,12H,7-11H2,(H2,20,23)(H,21,24). The van der Waals surface area contributed by atoms with E-state index < -0.39 is 5.82 Å². The van der Waals surface area contributed by atoms with Crippen LogP contribution in [-0.2, 0) is 4.79 Å². The van der Waals surface area contributed by atoms with Gasteiger partial charge < -0.3 is 15.5 Å². The van der Waals surface area contributed by atoms with Crippen molar-refractivity contribution in [3.63, 3.8) is 0 Å². The van der Waals surface area contributed by atoms with Crippen LogP contribution in [0.5, 0.6) is 0 Å². The maximum atomic E-state index is 13.8. The Balaban J connectivity index is 1.58. The molecule has 132 valence electrons. The number of nitrogens with two attached hydrogens (primary N) is 1. The second-order valence-corrected chi connectivity index (χ2v) is 6.13. The fourth-order valence-electron chi connectivity index (χ4n) is 2.98. The van der Waals surface area contributed by atoms with E-state index in [1.165, 1.54) is 6.07 Å². The maximum Gasteiger partial charge on any atom is 0.287 e. The lowest BCUT2D eigenvalue weighted by Crippen LogP contribution is -2.46. The highest BCUT2D eigenvalue weighted by Crippen LogP contribution is 2.25. The summed E-state index contributed by atoms with van der Waals surface area (Å²) < 4.78 is 19.3. The summed E-state index contributed by atoms with van der Waals surface area (Å²) in [6.45, 7) is 1.64. The van der Waals surface area contributed by atoms with Crippen LogP contribution in [0.1, 0.15) is 23.4 Å². The third-order valence-electron chi connectivity index (χ3n) is 4.27. The Labute approximate surface area is 144 Å². The van der Waals surface area contributed by atoms with Gasteiger partial charge in [0.15, 0.2) is 5.76 Å². The lowest BCUT2D eigenvalue weighted by Gasteiger charge is -2.31. The van der Waals surface area contributed by atoms with E-state index in [4.69, 9.17) is 10.2 Å². The predicted octanol–water partition coefficient (Wildman–Crippen LogP) is 1.77. The Morgan fingerprint density at radius 2 is 1.92 bits per heavy atom. The van der Waals surface area contributed by atoms with Crippen LogP contribution >= 0.6 is 0 Å². The van der Waals surface area contributed by atoms with Crippen LogP contribution in [0.2, 0.25) is 0 Å². The molecule has 3 N–H and O–H groups in total. The van der Waals surface area contributed by atoms with Crippen LogP contribution in [0.25, 0.3) is 11.3 Å². The van der Waals surface area contributed by atoms with Gasteiger partial charge in [-0.2, -0.15) is 0 Å². The molecule has 2 amide bonds. The first-order valence-corrected chi connectivity index (χ1v) is 8.19. The molecule has 0 radical (unpaired) electrons. The summed E-state index contributed by atoms with van der Waals surface area (Å²) in [6.07, 6.45) is 1.47. The molecule has 0 atom stereocenters. The number of likely N-dealkylation sites (tertiary alicyclic amines) is 1. The lowest BCUT2D eigenvalue weighted by atomic mass is 10.0. The monoisotopic (exact) mass is 345 g/mol. The second kappa shape index (κ2) is 7.48. The summed E-state index contributed by atoms with van der Waals surface area (Å²) in [4.78, 5) is 25.2. The van der Waals surface area contributed by atoms with E-state index in [-0.39, 0.29) is 30.2 Å². The number of carbonyl (C=O) groups excluding carboxylic acids is 2. The maximum absolute atomic E-state index is 13.8. The fourth-order valence-corrected chi connectivity index (χ4v) is 2.98. The van der Waals surface area contributed by atoms with E-state index in [9.17, 15) is 14.0 Å². The van der Waals surface area contributed by atoms with Crippen molar-refractivity contribution in [1.29, 1.82) is 0 Å². The molecule has 0 bridgehead atoms. The Kier molecular flexibility index (Phi) is 5.14. The van der Waals surface area contributed by atoms with Crippen molar-refractivity contribution < 1.29 is 18.4 Å². The van der Waals surface area contributed by atoms with E-state index in [1.807, 2.05) is 4.90 Å². The molecular formula is C18H20FN3O3. The topological polar surface area (TPSA) is 88.6 Å². The minimum Gasteiger partial charge on any atom is -0.451 e. The number of nitrogens with one attached hydrogen (secondary N) is 1. The molecule has 3 rings (SSSR count). The number of hydrogen-bond donors (Lipinski definition) is 2. The molecule has 1 aliphatic heterocycles. The normalized spacial score (nSPS) is 15.9. The Morgan fingerprint density at radius 3 is 2.60 bits per heavy atom. The van der Waals surface area contributed by atoms with Gasteiger partial charge in [-0.15, -0.1) is 0 Å². The van der Waals surface area contributed by atoms with Crippen molar-refractivity contribution in [2.75, 3.05) is 19.6 Å². The third kappa shape index (κ3) is 4.24. The number of benzene rings is 1. The molecule has 0 saturated carbocycles. The minimum absolute atomic E-state index is 0.0126. The van der Waals surface area contributed by atoms with Crippen LogP contribution in [0.15, 0.2) is 40.8 Å². The van der Waals surface area contributed by atoms with Gasteiger partial charge in [0, 0.05) is 19.1 Å². The van der Waals surface area contributed by atoms with E-state index in [0.717, 1.165) is 12.8 Å². The first-order chi connectivity index (χ1) is 12.0. The number of hydrogen-bond acceptors (Lipinski definition) is 4. The summed E-state index contributed by atoms with van der Waals surface area (Å²) in [7, 11) is 0. The van der Waals surface area contributed by atoms with Crippen LogP contribution in [0, 0.1) is 5.82 Å². The van der Waals surface area contributed by atoms with Gasteiger partial charge in [0.1, 0.15) is 11.6 Å².